The highest BCUT2D eigenvalue weighted by atomic mass is 32.2. The number of pyridine rings is 1. The molecule has 0 radical (unpaired) electrons. The van der Waals surface area contributed by atoms with Crippen LogP contribution < -0.4 is 58.9 Å². The number of hydrogen-bond acceptors (Lipinski definition) is 31. The summed E-state index contributed by atoms with van der Waals surface area (Å²) in [5.74, 6) is -9.65. The topological polar surface area (TPSA) is 534 Å². The number of allylic oxidation sites excluding steroid dienone is 1. The summed E-state index contributed by atoms with van der Waals surface area (Å²) >= 11 is 5.92. The number of primary amides is 1. The molecule has 0 aromatic carbocycles. The molecule has 634 valence electrons. The van der Waals surface area contributed by atoms with Crippen LogP contribution in [-0.2, 0) is 39.0 Å². The minimum absolute atomic E-state index is 0.0207. The van der Waals surface area contributed by atoms with Gasteiger partial charge in [-0.2, -0.15) is 11.8 Å². The van der Waals surface area contributed by atoms with Crippen molar-refractivity contribution in [3.8, 4) is 0 Å². The maximum absolute atomic E-state index is 15.5. The number of aliphatic hydroxyl groups is 5. The number of fused-ring (bicyclic) bond motifs is 8. The Hall–Kier alpha value is -9.53. The Morgan fingerprint density at radius 2 is 1.40 bits per heavy atom. The van der Waals surface area contributed by atoms with Crippen molar-refractivity contribution in [2.75, 3.05) is 11.5 Å². The van der Waals surface area contributed by atoms with Gasteiger partial charge < -0.3 is 83.9 Å². The number of esters is 1. The van der Waals surface area contributed by atoms with Crippen molar-refractivity contribution in [3.05, 3.63) is 133 Å². The predicted octanol–water partition coefficient (Wildman–Crippen LogP) is 4.81. The molecule has 9 heterocycles. The molecule has 0 spiro atoms. The second kappa shape index (κ2) is 39.6. The molecule has 13 bridgehead atoms. The van der Waals surface area contributed by atoms with E-state index in [-0.39, 0.29) is 100 Å². The second-order valence-corrected chi connectivity index (χ2v) is 35.1. The number of thiazole rings is 5. The van der Waals surface area contributed by atoms with Crippen LogP contribution in [0.2, 0.25) is 0 Å². The summed E-state index contributed by atoms with van der Waals surface area (Å²) in [6, 6.07) is -11.3. The van der Waals surface area contributed by atoms with Crippen LogP contribution in [0.5, 0.6) is 0 Å². The van der Waals surface area contributed by atoms with Crippen LogP contribution in [-0.4, -0.2) is 198 Å². The van der Waals surface area contributed by atoms with Crippen molar-refractivity contribution in [1.29, 1.82) is 0 Å². The van der Waals surface area contributed by atoms with Crippen LogP contribution >= 0.6 is 68.4 Å². The highest BCUT2D eigenvalue weighted by Crippen LogP contribution is 2.48. The first-order valence-corrected chi connectivity index (χ1v) is 44.0. The van der Waals surface area contributed by atoms with Gasteiger partial charge in [0.15, 0.2) is 0 Å². The van der Waals surface area contributed by atoms with Gasteiger partial charge in [-0.05, 0) is 98.0 Å². The summed E-state index contributed by atoms with van der Waals surface area (Å²) in [6.07, 6.45) is 3.35. The lowest BCUT2D eigenvalue weighted by molar-refractivity contribution is -0.131. The molecule has 10 rings (SSSR count). The lowest BCUT2D eigenvalue weighted by Gasteiger charge is -2.41. The number of ether oxygens (including phenoxy) is 1. The van der Waals surface area contributed by atoms with Crippen molar-refractivity contribution in [2.24, 2.45) is 16.6 Å². The third-order valence-electron chi connectivity index (χ3n) is 20.7. The summed E-state index contributed by atoms with van der Waals surface area (Å²) in [5, 5.41) is 92.5. The van der Waals surface area contributed by atoms with E-state index in [9.17, 15) is 63.9 Å². The molecule has 6 aromatic rings. The quantitative estimate of drug-likeness (QED) is 0.0294. The highest BCUT2D eigenvalue weighted by molar-refractivity contribution is 7.99. The smallest absolute Gasteiger partial charge is 0.357 e. The monoisotopic (exact) mass is 1740 g/mol. The zero-order chi connectivity index (χ0) is 85.9. The number of nitrogens with two attached hydrogens (primary N) is 1. The number of carbonyl (C=O) groups excluding carboxylic acids is 11. The first kappa shape index (κ1) is 90.8. The van der Waals surface area contributed by atoms with Crippen molar-refractivity contribution >= 4 is 151 Å². The molecule has 10 amide bonds. The van der Waals surface area contributed by atoms with Crippen molar-refractivity contribution < 1.29 is 83.0 Å². The molecule has 35 nitrogen and oxygen atoms in total. The molecular weight excluding hydrogens is 1640 g/mol. The molecule has 3 unspecified atom stereocenters. The maximum Gasteiger partial charge on any atom is 0.357 e. The number of nitrogens with zero attached hydrogens (tertiary/aromatic N) is 7. The number of cyclic esters (lactones) is 1. The van der Waals surface area contributed by atoms with E-state index in [0.717, 1.165) is 101 Å². The maximum atomic E-state index is 15.5. The van der Waals surface area contributed by atoms with Crippen LogP contribution in [0.15, 0.2) is 62.4 Å². The Labute approximate surface area is 704 Å². The highest BCUT2D eigenvalue weighted by Gasteiger charge is 2.51. The summed E-state index contributed by atoms with van der Waals surface area (Å²) in [7, 11) is 0. The van der Waals surface area contributed by atoms with E-state index >= 15 is 14.4 Å². The molecule has 41 heteroatoms. The summed E-state index contributed by atoms with van der Waals surface area (Å²) in [5.41, 5.74) is 0.0284. The summed E-state index contributed by atoms with van der Waals surface area (Å²) in [4.78, 5) is 193. The van der Waals surface area contributed by atoms with E-state index in [1.54, 1.807) is 26.0 Å². The molecule has 17 N–H and O–H groups in total. The van der Waals surface area contributed by atoms with Crippen molar-refractivity contribution in [1.82, 2.24) is 83.1 Å². The first-order valence-electron chi connectivity index (χ1n) is 38.5. The SMILES string of the molecule is C=C1NC(=O)[C@H](C)NC(=O)[C@H]([C@@H](C)CC)NC2C=Cc3c([C@H](C)O)cc(nc3[C@H]2O)C(=O)O[C@H](C)[C@@H]2NC(=O)c3csc(n3)[C@H]([C@](C)(O)[C@@H](C)O)NC(=O)c3csc(n3)/C(=C/C)NC(=O)[C@H]([C@@H](C)O)NC(=O)c3csc(n3)C3(CCC(c4nc(C(=O)NC(CSCCCCCCCC)C(N)=O)cs4)=N[C@@H]3c3csc2n3)NC(=O)[C@H](C)NC1=O. The fourth-order valence-corrected chi connectivity index (χ4v) is 18.9. The number of aromatic nitrogens is 6. The minimum Gasteiger partial charge on any atom is -0.455 e. The van der Waals surface area contributed by atoms with Gasteiger partial charge in [0.25, 0.3) is 29.5 Å². The average Bonchev–Trinajstić information content (AvgIpc) is 1.47. The van der Waals surface area contributed by atoms with Crippen LogP contribution in [0.25, 0.3) is 11.8 Å². The normalized spacial score (nSPS) is 25.5. The van der Waals surface area contributed by atoms with Crippen LogP contribution in [0.3, 0.4) is 0 Å². The zero-order valence-corrected chi connectivity index (χ0v) is 71.5. The summed E-state index contributed by atoms with van der Waals surface area (Å²) < 4.78 is 6.30. The minimum atomic E-state index is -2.22. The standard InChI is InChI=1S/C77H98N18O17S6/c1-13-16-17-18-19-20-25-113-27-48(60(78)100)86-64(104)49-29-115-71(89-49)45-23-24-77-58(84-45)47-28-116-72(87-47)55(93-65(105)50-31-117-73(90-50)59(76(12,111)40(11)98)94-67(107)51-30-114-70(88-51)43(15-3)85-69(109)54(38(9)97)92-66(106)52-32-118-75(77)91-52)39(10)112-74(110)46-26-42(37(8)96)41-21-22-44(57(99)56(41)83-46)82-53(33(4)14-2)68(108)81-35(6)62(102)79-34(5)61(101)80-36(7)63(103)95-77/h15,21-22,26,28-33,35-40,44,48,53-55,57-59,82,96-99,111H,5,13-14,16-20,23-25,27H2,1-4,6-12H3,(H2,78,100)(H,79,102)(H,80,101)(H,81,108)(H,85,109)(H,86,104)(H,92,106)(H,93,105)(H,94,107)(H,95,103)/b43-15-/t33-,35-,36-,37-,38+,39+,40+,44?,48?,53-,54-,55-,57-,58+,59+,76+,77?/m0/s1. The van der Waals surface area contributed by atoms with E-state index in [4.69, 9.17) is 30.4 Å². The first-order chi connectivity index (χ1) is 56.0. The number of unbranched alkanes of at least 4 members (excludes halogenated alkanes) is 5. The van der Waals surface area contributed by atoms with Gasteiger partial charge in [0, 0.05) is 38.2 Å². The molecule has 0 saturated carbocycles. The number of aliphatic hydroxyl groups excluding tert-OH is 4. The Morgan fingerprint density at radius 3 is 2.09 bits per heavy atom. The number of carbonyl (C=O) groups is 11. The van der Waals surface area contributed by atoms with Crippen LogP contribution in [0.4, 0.5) is 0 Å². The van der Waals surface area contributed by atoms with Gasteiger partial charge in [0.1, 0.15) is 119 Å². The number of nitrogens with one attached hydrogen (secondary N) is 10. The van der Waals surface area contributed by atoms with E-state index < -0.39 is 178 Å². The van der Waals surface area contributed by atoms with Crippen LogP contribution in [0, 0.1) is 5.92 Å². The number of hydrogen-bond donors (Lipinski definition) is 16. The van der Waals surface area contributed by atoms with Gasteiger partial charge in [0.2, 0.25) is 29.5 Å². The van der Waals surface area contributed by atoms with Gasteiger partial charge in [-0.1, -0.05) is 84.1 Å². The Balaban J connectivity index is 1.16. The summed E-state index contributed by atoms with van der Waals surface area (Å²) in [6.45, 7) is 20.3. The van der Waals surface area contributed by atoms with Crippen molar-refractivity contribution in [2.45, 2.75) is 230 Å². The molecule has 4 aliphatic rings. The number of rotatable bonds is 19. The van der Waals surface area contributed by atoms with Crippen molar-refractivity contribution in [3.63, 3.8) is 0 Å². The molecule has 6 aromatic heterocycles. The lowest BCUT2D eigenvalue weighted by Crippen LogP contribution is -2.57. The molecule has 0 fully saturated rings. The second-order valence-electron chi connectivity index (χ2n) is 29.6. The van der Waals surface area contributed by atoms with Gasteiger partial charge in [0.05, 0.1) is 58.9 Å². The Kier molecular flexibility index (Phi) is 30.4. The van der Waals surface area contributed by atoms with E-state index in [1.165, 1.54) is 99.3 Å². The number of thioether (sulfide) groups is 1. The van der Waals surface area contributed by atoms with Crippen LogP contribution in [0.1, 0.15) is 264 Å². The fourth-order valence-electron chi connectivity index (χ4n) is 13.2. The number of amides is 10. The van der Waals surface area contributed by atoms with E-state index in [1.807, 2.05) is 6.92 Å². The molecule has 0 saturated heterocycles. The van der Waals surface area contributed by atoms with E-state index in [2.05, 4.69) is 81.6 Å². The molecule has 17 atom stereocenters. The van der Waals surface area contributed by atoms with Gasteiger partial charge in [-0.3, -0.25) is 58.3 Å². The van der Waals surface area contributed by atoms with Gasteiger partial charge >= 0.3 is 5.97 Å². The van der Waals surface area contributed by atoms with Gasteiger partial charge in [-0.25, -0.2) is 34.7 Å². The Morgan fingerprint density at radius 1 is 0.737 bits per heavy atom. The lowest BCUT2D eigenvalue weighted by atomic mass is 9.80. The molecule has 3 aliphatic heterocycles. The van der Waals surface area contributed by atoms with E-state index in [0.29, 0.717) is 6.42 Å². The average molecular weight is 1740 g/mol. The fraction of sp³-hybridized carbons (Fsp3) is 0.506. The molecular formula is C77H98N18O17S6. The largest absolute Gasteiger partial charge is 0.455 e. The third-order valence-corrected chi connectivity index (χ3v) is 26.5. The zero-order valence-electron chi connectivity index (χ0n) is 66.6. The Bertz CT molecular complexity index is 4870. The molecule has 1 aliphatic carbocycles. The van der Waals surface area contributed by atoms with Gasteiger partial charge in [-0.15, -0.1) is 56.7 Å². The third kappa shape index (κ3) is 21.0. The predicted molar refractivity (Wildman–Crippen MR) is 444 cm³/mol. The number of aliphatic imine (C=N–C) groups is 1. The molecule has 118 heavy (non-hydrogen) atoms.